The Morgan fingerprint density at radius 3 is 2.05 bits per heavy atom. The molecule has 15 heteroatoms. The molecule has 1 unspecified atom stereocenters. The van der Waals surface area contributed by atoms with Gasteiger partial charge >= 0.3 is 21.7 Å². The number of hydrogen-bond acceptors (Lipinski definition) is 6. The van der Waals surface area contributed by atoms with Gasteiger partial charge in [0.15, 0.2) is 11.6 Å². The number of hydrogen-bond donors (Lipinski definition) is 3. The van der Waals surface area contributed by atoms with Gasteiger partial charge in [0.2, 0.25) is 5.82 Å². The molecule has 1 aromatic heterocycles. The third-order valence-corrected chi connectivity index (χ3v) is 6.86. The van der Waals surface area contributed by atoms with Crippen LogP contribution >= 0.6 is 0 Å². The largest absolute Gasteiger partial charge is 0.516 e. The van der Waals surface area contributed by atoms with E-state index >= 15 is 4.39 Å². The number of benzene rings is 2. The zero-order chi connectivity index (χ0) is 27.7. The zero-order valence-electron chi connectivity index (χ0n) is 19.2. The minimum absolute atomic E-state index is 0.00929. The minimum atomic E-state index is -5.56. The quantitative estimate of drug-likeness (QED) is 0.274. The highest BCUT2D eigenvalue weighted by molar-refractivity contribution is 7.93. The van der Waals surface area contributed by atoms with Gasteiger partial charge in [-0.25, -0.2) is 9.97 Å². The van der Waals surface area contributed by atoms with Crippen molar-refractivity contribution in [1.82, 2.24) is 9.97 Å². The van der Waals surface area contributed by atoms with Crippen LogP contribution in [0.4, 0.5) is 48.1 Å². The predicted molar refractivity (Wildman–Crippen MR) is 125 cm³/mol. The van der Waals surface area contributed by atoms with Gasteiger partial charge in [-0.05, 0) is 54.2 Å². The second kappa shape index (κ2) is 10.3. The molecular weight excluding hydrogens is 543 g/mol. The van der Waals surface area contributed by atoms with Gasteiger partial charge in [-0.3, -0.25) is 4.72 Å². The lowest BCUT2D eigenvalue weighted by Crippen LogP contribution is -2.29. The Morgan fingerprint density at radius 1 is 0.895 bits per heavy atom. The average molecular weight is 563 g/mol. The standard InChI is InChI=1S/C23H20F7N5O2S/c24-18-20(31-11-13-1-9-17(10-2-13)35-38(36,37)23(28,29)30)32-12-33-21(18)34-19(14-3-4-14)15-5-7-16(8-6-15)22(25,26)27/h1-2,5-10,12,14,19,35H,3-4,11H2,(H2,31,32,33,34). The van der Waals surface area contributed by atoms with Crippen molar-refractivity contribution in [2.45, 2.75) is 37.1 Å². The molecule has 1 aliphatic carbocycles. The molecule has 7 nitrogen and oxygen atoms in total. The highest BCUT2D eigenvalue weighted by Gasteiger charge is 2.46. The summed E-state index contributed by atoms with van der Waals surface area (Å²) in [7, 11) is -5.56. The smallest absolute Gasteiger partial charge is 0.363 e. The summed E-state index contributed by atoms with van der Waals surface area (Å²) in [5, 5.41) is 5.69. The van der Waals surface area contributed by atoms with Crippen LogP contribution in [-0.4, -0.2) is 23.9 Å². The molecule has 0 radical (unpaired) electrons. The molecule has 0 spiro atoms. The molecule has 1 fully saturated rings. The summed E-state index contributed by atoms with van der Waals surface area (Å²) in [6.07, 6.45) is -1.76. The van der Waals surface area contributed by atoms with Crippen LogP contribution in [-0.2, 0) is 22.7 Å². The Bertz CT molecular complexity index is 1380. The fourth-order valence-electron chi connectivity index (χ4n) is 3.61. The molecule has 1 heterocycles. The maximum absolute atomic E-state index is 15.1. The predicted octanol–water partition coefficient (Wildman–Crippen LogP) is 6.07. The molecule has 1 saturated carbocycles. The first-order valence-corrected chi connectivity index (χ1v) is 12.6. The lowest BCUT2D eigenvalue weighted by molar-refractivity contribution is -0.137. The van der Waals surface area contributed by atoms with Gasteiger partial charge in [0.25, 0.3) is 0 Å². The highest BCUT2D eigenvalue weighted by Crippen LogP contribution is 2.43. The Hall–Kier alpha value is -3.62. The summed E-state index contributed by atoms with van der Waals surface area (Å²) in [6, 6.07) is 9.07. The molecule has 38 heavy (non-hydrogen) atoms. The van der Waals surface area contributed by atoms with Crippen molar-refractivity contribution < 1.29 is 39.2 Å². The molecule has 3 aromatic rings. The Morgan fingerprint density at radius 2 is 1.50 bits per heavy atom. The van der Waals surface area contributed by atoms with Crippen LogP contribution in [0.3, 0.4) is 0 Å². The van der Waals surface area contributed by atoms with Crippen molar-refractivity contribution >= 4 is 27.3 Å². The molecule has 2 aromatic carbocycles. The molecule has 0 saturated heterocycles. The van der Waals surface area contributed by atoms with Crippen LogP contribution < -0.4 is 15.4 Å². The van der Waals surface area contributed by atoms with Gasteiger partial charge < -0.3 is 10.6 Å². The summed E-state index contributed by atoms with van der Waals surface area (Å²) in [5.41, 5.74) is -5.53. The Balaban J connectivity index is 1.43. The Labute approximate surface area is 212 Å². The lowest BCUT2D eigenvalue weighted by Gasteiger charge is -2.21. The van der Waals surface area contributed by atoms with Crippen LogP contribution in [0.25, 0.3) is 0 Å². The van der Waals surface area contributed by atoms with E-state index in [1.807, 2.05) is 0 Å². The number of nitrogens with one attached hydrogen (secondary N) is 3. The monoisotopic (exact) mass is 563 g/mol. The van der Waals surface area contributed by atoms with Crippen LogP contribution in [0.1, 0.15) is 35.6 Å². The topological polar surface area (TPSA) is 96.0 Å². The molecule has 204 valence electrons. The van der Waals surface area contributed by atoms with E-state index in [-0.39, 0.29) is 29.8 Å². The second-order valence-electron chi connectivity index (χ2n) is 8.57. The van der Waals surface area contributed by atoms with Crippen LogP contribution in [0.15, 0.2) is 54.9 Å². The number of aromatic nitrogens is 2. The number of halogens is 7. The molecule has 0 aliphatic heterocycles. The maximum atomic E-state index is 15.1. The summed E-state index contributed by atoms with van der Waals surface area (Å²) in [4.78, 5) is 7.76. The summed E-state index contributed by atoms with van der Waals surface area (Å²) < 4.78 is 115. The van der Waals surface area contributed by atoms with E-state index in [0.717, 1.165) is 43.4 Å². The van der Waals surface area contributed by atoms with E-state index in [1.54, 1.807) is 0 Å². The Kier molecular flexibility index (Phi) is 7.41. The van der Waals surface area contributed by atoms with Crippen LogP contribution in [0.2, 0.25) is 0 Å². The third-order valence-electron chi connectivity index (χ3n) is 5.74. The fraction of sp³-hybridized carbons (Fsp3) is 0.304. The molecule has 0 bridgehead atoms. The van der Waals surface area contributed by atoms with Crippen LogP contribution in [0, 0.1) is 11.7 Å². The molecule has 4 rings (SSSR count). The SMILES string of the molecule is O=S(=O)(Nc1ccc(CNc2ncnc(NC(c3ccc(C(F)(F)F)cc3)C3CC3)c2F)cc1)C(F)(F)F. The van der Waals surface area contributed by atoms with Crippen molar-refractivity contribution in [3.63, 3.8) is 0 Å². The van der Waals surface area contributed by atoms with E-state index < -0.39 is 39.1 Å². The first kappa shape index (κ1) is 27.4. The van der Waals surface area contributed by atoms with Gasteiger partial charge in [0, 0.05) is 12.2 Å². The van der Waals surface area contributed by atoms with E-state index in [0.29, 0.717) is 11.1 Å². The van der Waals surface area contributed by atoms with Gasteiger partial charge in [0.05, 0.1) is 11.6 Å². The van der Waals surface area contributed by atoms with E-state index in [4.69, 9.17) is 0 Å². The van der Waals surface area contributed by atoms with E-state index in [2.05, 4.69) is 20.6 Å². The normalized spacial score (nSPS) is 15.1. The minimum Gasteiger partial charge on any atom is -0.363 e. The fourth-order valence-corrected chi connectivity index (χ4v) is 4.17. The van der Waals surface area contributed by atoms with E-state index in [1.165, 1.54) is 29.0 Å². The highest BCUT2D eigenvalue weighted by atomic mass is 32.2. The number of sulfonamides is 1. The molecule has 3 N–H and O–H groups in total. The van der Waals surface area contributed by atoms with E-state index in [9.17, 15) is 34.8 Å². The first-order valence-electron chi connectivity index (χ1n) is 11.1. The van der Waals surface area contributed by atoms with Crippen molar-refractivity contribution in [3.05, 3.63) is 77.4 Å². The zero-order valence-corrected chi connectivity index (χ0v) is 20.1. The van der Waals surface area contributed by atoms with Gasteiger partial charge in [0.1, 0.15) is 6.33 Å². The van der Waals surface area contributed by atoms with Crippen molar-refractivity contribution in [2.24, 2.45) is 5.92 Å². The number of anilines is 3. The number of nitrogens with zero attached hydrogens (tertiary/aromatic N) is 2. The summed E-state index contributed by atoms with van der Waals surface area (Å²) >= 11 is 0. The van der Waals surface area contributed by atoms with Gasteiger partial charge in [-0.1, -0.05) is 24.3 Å². The molecule has 1 aliphatic rings. The molecule has 0 amide bonds. The van der Waals surface area contributed by atoms with Crippen molar-refractivity contribution in [1.29, 1.82) is 0 Å². The van der Waals surface area contributed by atoms with Gasteiger partial charge in [-0.15, -0.1) is 0 Å². The van der Waals surface area contributed by atoms with Crippen molar-refractivity contribution in [2.75, 3.05) is 15.4 Å². The first-order chi connectivity index (χ1) is 17.7. The summed E-state index contributed by atoms with van der Waals surface area (Å²) in [5.74, 6) is -1.09. The maximum Gasteiger partial charge on any atom is 0.516 e. The summed E-state index contributed by atoms with van der Waals surface area (Å²) in [6.45, 7) is -0.00929. The van der Waals surface area contributed by atoms with Crippen LogP contribution in [0.5, 0.6) is 0 Å². The average Bonchev–Trinajstić information content (AvgIpc) is 3.67. The third kappa shape index (κ3) is 6.44. The molecule has 1 atom stereocenters. The van der Waals surface area contributed by atoms with Gasteiger partial charge in [-0.2, -0.15) is 39.2 Å². The lowest BCUT2D eigenvalue weighted by atomic mass is 10.0. The number of alkyl halides is 6. The second-order valence-corrected chi connectivity index (χ2v) is 10.2. The number of rotatable bonds is 9. The van der Waals surface area contributed by atoms with Crippen molar-refractivity contribution in [3.8, 4) is 0 Å². The molecular formula is C23H20F7N5O2S.